The maximum Gasteiger partial charge on any atom is 0.254 e. The lowest BCUT2D eigenvalue weighted by molar-refractivity contribution is 0.0713. The van der Waals surface area contributed by atoms with Crippen LogP contribution in [0.2, 0.25) is 0 Å². The molecule has 0 saturated carbocycles. The number of amides is 1. The highest BCUT2D eigenvalue weighted by Crippen LogP contribution is 2.32. The van der Waals surface area contributed by atoms with Crippen molar-refractivity contribution in [2.24, 2.45) is 5.16 Å². The first-order chi connectivity index (χ1) is 14.5. The van der Waals surface area contributed by atoms with Crippen molar-refractivity contribution in [3.05, 3.63) is 71.4 Å². The molecule has 2 heterocycles. The van der Waals surface area contributed by atoms with E-state index in [1.807, 2.05) is 0 Å². The van der Waals surface area contributed by atoms with Gasteiger partial charge in [-0.15, -0.1) is 0 Å². The molecule has 0 N–H and O–H groups in total. The second kappa shape index (κ2) is 8.02. The zero-order valence-corrected chi connectivity index (χ0v) is 16.3. The number of aromatic nitrogens is 2. The standard InChI is InChI=1S/C21H18F2N4O3/c1-12-24-20(30-25-12)19-10-16(26-29-2)11-27(19)21(28)14-5-3-13(4-6-14)17-8-7-15(22)9-18(17)23/h3-9,19H,10-11H2,1-2H3/t19-/m0/s1. The van der Waals surface area contributed by atoms with E-state index < -0.39 is 17.7 Å². The molecule has 0 unspecified atom stereocenters. The first-order valence-corrected chi connectivity index (χ1v) is 9.22. The lowest BCUT2D eigenvalue weighted by Crippen LogP contribution is -2.31. The van der Waals surface area contributed by atoms with Gasteiger partial charge in [-0.05, 0) is 36.8 Å². The third-order valence-electron chi connectivity index (χ3n) is 4.84. The second-order valence-corrected chi connectivity index (χ2v) is 6.87. The monoisotopic (exact) mass is 412 g/mol. The Hall–Kier alpha value is -3.62. The summed E-state index contributed by atoms with van der Waals surface area (Å²) in [7, 11) is 1.44. The van der Waals surface area contributed by atoms with Gasteiger partial charge in [-0.25, -0.2) is 8.78 Å². The molecule has 154 valence electrons. The van der Waals surface area contributed by atoms with E-state index in [0.717, 1.165) is 6.07 Å². The molecule has 1 aliphatic heterocycles. The molecule has 0 aliphatic carbocycles. The summed E-state index contributed by atoms with van der Waals surface area (Å²) in [6, 6.07) is 9.36. The summed E-state index contributed by atoms with van der Waals surface area (Å²) < 4.78 is 32.4. The van der Waals surface area contributed by atoms with E-state index in [-0.39, 0.29) is 18.0 Å². The van der Waals surface area contributed by atoms with Crippen molar-refractivity contribution in [3.8, 4) is 11.1 Å². The van der Waals surface area contributed by atoms with Crippen molar-refractivity contribution < 1.29 is 22.9 Å². The summed E-state index contributed by atoms with van der Waals surface area (Å²) in [6.45, 7) is 1.96. The Labute approximate surface area is 170 Å². The number of aryl methyl sites for hydroxylation is 1. The van der Waals surface area contributed by atoms with Gasteiger partial charge in [0.05, 0.1) is 12.3 Å². The number of nitrogens with zero attached hydrogens (tertiary/aromatic N) is 4. The van der Waals surface area contributed by atoms with Crippen LogP contribution in [0.25, 0.3) is 11.1 Å². The van der Waals surface area contributed by atoms with Crippen LogP contribution in [0.1, 0.15) is 34.5 Å². The Morgan fingerprint density at radius 1 is 1.23 bits per heavy atom. The Balaban J connectivity index is 1.61. The molecule has 30 heavy (non-hydrogen) atoms. The number of benzene rings is 2. The molecule has 0 radical (unpaired) electrons. The molecular formula is C21H18F2N4O3. The van der Waals surface area contributed by atoms with E-state index in [0.29, 0.717) is 35.0 Å². The quantitative estimate of drug-likeness (QED) is 0.607. The fourth-order valence-corrected chi connectivity index (χ4v) is 3.46. The average molecular weight is 412 g/mol. The van der Waals surface area contributed by atoms with Gasteiger partial charge in [0.2, 0.25) is 5.89 Å². The number of halogens is 2. The summed E-state index contributed by atoms with van der Waals surface area (Å²) in [5.41, 5.74) is 1.87. The minimum absolute atomic E-state index is 0.255. The summed E-state index contributed by atoms with van der Waals surface area (Å²) in [5.74, 6) is -0.774. The zero-order chi connectivity index (χ0) is 21.3. The fourth-order valence-electron chi connectivity index (χ4n) is 3.46. The van der Waals surface area contributed by atoms with Gasteiger partial charge in [0.25, 0.3) is 5.91 Å². The molecule has 0 bridgehead atoms. The highest BCUT2D eigenvalue weighted by molar-refractivity contribution is 6.00. The van der Waals surface area contributed by atoms with Crippen molar-refractivity contribution >= 4 is 11.6 Å². The van der Waals surface area contributed by atoms with Gasteiger partial charge in [0.15, 0.2) is 5.82 Å². The van der Waals surface area contributed by atoms with E-state index in [1.165, 1.54) is 19.2 Å². The number of hydrogen-bond donors (Lipinski definition) is 0. The van der Waals surface area contributed by atoms with Crippen molar-refractivity contribution in [1.29, 1.82) is 0 Å². The molecule has 1 aromatic heterocycles. The molecule has 7 nitrogen and oxygen atoms in total. The van der Waals surface area contributed by atoms with Crippen LogP contribution in [-0.4, -0.2) is 40.3 Å². The summed E-state index contributed by atoms with van der Waals surface area (Å²) in [6.07, 6.45) is 0.417. The number of oxime groups is 1. The van der Waals surface area contributed by atoms with E-state index in [1.54, 1.807) is 36.1 Å². The van der Waals surface area contributed by atoms with Gasteiger partial charge in [0.1, 0.15) is 24.8 Å². The normalized spacial score (nSPS) is 17.5. The SMILES string of the molecule is CON=C1C[C@@H](c2nc(C)no2)N(C(=O)c2ccc(-c3ccc(F)cc3F)cc2)C1. The van der Waals surface area contributed by atoms with E-state index in [4.69, 9.17) is 9.36 Å². The second-order valence-electron chi connectivity index (χ2n) is 6.87. The molecule has 3 aromatic rings. The number of likely N-dealkylation sites (tertiary alicyclic amines) is 1. The summed E-state index contributed by atoms with van der Waals surface area (Å²) in [4.78, 5) is 23.8. The van der Waals surface area contributed by atoms with Crippen molar-refractivity contribution in [2.45, 2.75) is 19.4 Å². The zero-order valence-electron chi connectivity index (χ0n) is 16.3. The van der Waals surface area contributed by atoms with Crippen molar-refractivity contribution in [1.82, 2.24) is 15.0 Å². The Bertz CT molecular complexity index is 1110. The van der Waals surface area contributed by atoms with E-state index in [9.17, 15) is 13.6 Å². The van der Waals surface area contributed by atoms with Crippen LogP contribution in [0.4, 0.5) is 8.78 Å². The molecule has 1 amide bonds. The number of hydrogen-bond acceptors (Lipinski definition) is 6. The van der Waals surface area contributed by atoms with Gasteiger partial charge in [0, 0.05) is 23.6 Å². The maximum absolute atomic E-state index is 14.0. The molecule has 2 aromatic carbocycles. The smallest absolute Gasteiger partial charge is 0.254 e. The Morgan fingerprint density at radius 2 is 2.00 bits per heavy atom. The molecule has 9 heteroatoms. The Morgan fingerprint density at radius 3 is 2.63 bits per heavy atom. The largest absolute Gasteiger partial charge is 0.399 e. The van der Waals surface area contributed by atoms with Gasteiger partial charge in [-0.1, -0.05) is 22.4 Å². The minimum Gasteiger partial charge on any atom is -0.399 e. The van der Waals surface area contributed by atoms with Crippen LogP contribution in [0, 0.1) is 18.6 Å². The third kappa shape index (κ3) is 3.78. The van der Waals surface area contributed by atoms with Crippen LogP contribution in [-0.2, 0) is 4.84 Å². The van der Waals surface area contributed by atoms with Gasteiger partial charge in [-0.2, -0.15) is 4.98 Å². The topological polar surface area (TPSA) is 80.8 Å². The predicted molar refractivity (Wildman–Crippen MR) is 104 cm³/mol. The molecule has 1 fully saturated rings. The van der Waals surface area contributed by atoms with Gasteiger partial charge >= 0.3 is 0 Å². The van der Waals surface area contributed by atoms with Gasteiger partial charge < -0.3 is 14.3 Å². The van der Waals surface area contributed by atoms with Gasteiger partial charge in [-0.3, -0.25) is 4.79 Å². The number of carbonyl (C=O) groups is 1. The average Bonchev–Trinajstić information content (AvgIpc) is 3.34. The van der Waals surface area contributed by atoms with Crippen molar-refractivity contribution in [3.63, 3.8) is 0 Å². The molecule has 1 aliphatic rings. The highest BCUT2D eigenvalue weighted by Gasteiger charge is 2.38. The molecule has 1 saturated heterocycles. The predicted octanol–water partition coefficient (Wildman–Crippen LogP) is 3.91. The Kier molecular flexibility index (Phi) is 5.26. The van der Waals surface area contributed by atoms with Crippen LogP contribution in [0.3, 0.4) is 0 Å². The fraction of sp³-hybridized carbons (Fsp3) is 0.238. The van der Waals surface area contributed by atoms with Crippen LogP contribution in [0.15, 0.2) is 52.1 Å². The minimum atomic E-state index is -0.666. The van der Waals surface area contributed by atoms with E-state index >= 15 is 0 Å². The van der Waals surface area contributed by atoms with E-state index in [2.05, 4.69) is 15.3 Å². The van der Waals surface area contributed by atoms with Crippen molar-refractivity contribution in [2.75, 3.05) is 13.7 Å². The number of carbonyl (C=O) groups excluding carboxylic acids is 1. The molecule has 4 rings (SSSR count). The maximum atomic E-state index is 14.0. The molecule has 0 spiro atoms. The third-order valence-corrected chi connectivity index (χ3v) is 4.84. The first kappa shape index (κ1) is 19.7. The van der Waals surface area contributed by atoms with Crippen LogP contribution >= 0.6 is 0 Å². The van der Waals surface area contributed by atoms with Crippen LogP contribution in [0.5, 0.6) is 0 Å². The molecule has 1 atom stereocenters. The van der Waals surface area contributed by atoms with Crippen LogP contribution < -0.4 is 0 Å². The summed E-state index contributed by atoms with van der Waals surface area (Å²) in [5, 5.41) is 7.76. The highest BCUT2D eigenvalue weighted by atomic mass is 19.1. The number of rotatable bonds is 4. The lowest BCUT2D eigenvalue weighted by Gasteiger charge is -2.21. The lowest BCUT2D eigenvalue weighted by atomic mass is 10.0. The molecular weight excluding hydrogens is 394 g/mol. The first-order valence-electron chi connectivity index (χ1n) is 9.22. The summed E-state index contributed by atoms with van der Waals surface area (Å²) >= 11 is 0.